The summed E-state index contributed by atoms with van der Waals surface area (Å²) in [6, 6.07) is 23.7. The molecule has 1 aliphatic rings. The van der Waals surface area contributed by atoms with E-state index < -0.39 is 15.8 Å². The number of piperazine rings is 1. The summed E-state index contributed by atoms with van der Waals surface area (Å²) in [4.78, 5) is 2.30. The fourth-order valence-electron chi connectivity index (χ4n) is 3.87. The Morgan fingerprint density at radius 2 is 1.43 bits per heavy atom. The van der Waals surface area contributed by atoms with Gasteiger partial charge in [-0.1, -0.05) is 64.5 Å². The molecule has 0 unspecified atom stereocenters. The number of nitrogens with zero attached hydrogens (tertiary/aromatic N) is 2. The molecule has 7 heteroatoms. The van der Waals surface area contributed by atoms with E-state index in [1.54, 1.807) is 0 Å². The van der Waals surface area contributed by atoms with Crippen LogP contribution in [0.2, 0.25) is 0 Å². The summed E-state index contributed by atoms with van der Waals surface area (Å²) in [5.74, 6) is -0.547. The normalized spacial score (nSPS) is 17.0. The van der Waals surface area contributed by atoms with Crippen molar-refractivity contribution in [3.8, 4) is 0 Å². The molecule has 0 aromatic heterocycles. The molecule has 0 spiro atoms. The second-order valence-electron chi connectivity index (χ2n) is 7.26. The van der Waals surface area contributed by atoms with Crippen LogP contribution in [0.3, 0.4) is 0 Å². The third kappa shape index (κ3) is 4.49. The van der Waals surface area contributed by atoms with Gasteiger partial charge in [0.05, 0.1) is 10.9 Å². The summed E-state index contributed by atoms with van der Waals surface area (Å²) in [7, 11) is -3.71. The Morgan fingerprint density at radius 1 is 0.800 bits per heavy atom. The first-order valence-corrected chi connectivity index (χ1v) is 12.0. The summed E-state index contributed by atoms with van der Waals surface area (Å²) in [6.07, 6.45) is 0. The second kappa shape index (κ2) is 8.98. The van der Waals surface area contributed by atoms with Crippen LogP contribution in [0.15, 0.2) is 88.2 Å². The fraction of sp³-hybridized carbons (Fsp3) is 0.217. The first-order valence-electron chi connectivity index (χ1n) is 9.75. The van der Waals surface area contributed by atoms with Crippen LogP contribution < -0.4 is 0 Å². The van der Waals surface area contributed by atoms with Crippen molar-refractivity contribution in [1.29, 1.82) is 0 Å². The predicted octanol–water partition coefficient (Wildman–Crippen LogP) is 4.68. The zero-order chi connectivity index (χ0) is 21.1. The molecule has 1 heterocycles. The van der Waals surface area contributed by atoms with Crippen molar-refractivity contribution in [2.75, 3.05) is 26.2 Å². The number of rotatable bonds is 5. The monoisotopic (exact) mass is 488 g/mol. The average molecular weight is 489 g/mol. The van der Waals surface area contributed by atoms with E-state index in [1.165, 1.54) is 28.1 Å². The summed E-state index contributed by atoms with van der Waals surface area (Å²) < 4.78 is 41.9. The highest BCUT2D eigenvalue weighted by molar-refractivity contribution is 9.10. The van der Waals surface area contributed by atoms with Crippen molar-refractivity contribution < 1.29 is 12.8 Å². The molecule has 1 atom stereocenters. The molecule has 1 aliphatic heterocycles. The van der Waals surface area contributed by atoms with E-state index in [1.807, 2.05) is 30.3 Å². The Bertz CT molecular complexity index is 1100. The molecule has 156 valence electrons. The van der Waals surface area contributed by atoms with Gasteiger partial charge in [-0.05, 0) is 41.5 Å². The highest BCUT2D eigenvalue weighted by Crippen LogP contribution is 2.31. The molecule has 0 saturated carbocycles. The molecule has 30 heavy (non-hydrogen) atoms. The highest BCUT2D eigenvalue weighted by atomic mass is 79.9. The van der Waals surface area contributed by atoms with E-state index in [4.69, 9.17) is 0 Å². The van der Waals surface area contributed by atoms with Gasteiger partial charge < -0.3 is 0 Å². The molecule has 0 radical (unpaired) electrons. The lowest BCUT2D eigenvalue weighted by atomic mass is 9.96. The lowest BCUT2D eigenvalue weighted by Crippen LogP contribution is -2.49. The number of benzene rings is 3. The minimum Gasteiger partial charge on any atom is -0.290 e. The van der Waals surface area contributed by atoms with Crippen LogP contribution in [-0.2, 0) is 10.0 Å². The van der Waals surface area contributed by atoms with E-state index in [9.17, 15) is 12.8 Å². The number of hydrogen-bond donors (Lipinski definition) is 0. The highest BCUT2D eigenvalue weighted by Gasteiger charge is 2.32. The SMILES string of the molecule is O=S(=O)(c1cccc(F)c1)N1CCN([C@@H](c2ccccc2)c2ccc(Br)cc2)CC1. The van der Waals surface area contributed by atoms with Gasteiger partial charge in [0.1, 0.15) is 5.82 Å². The van der Waals surface area contributed by atoms with Gasteiger partial charge in [-0.2, -0.15) is 4.31 Å². The molecule has 0 N–H and O–H groups in total. The van der Waals surface area contributed by atoms with Gasteiger partial charge in [-0.15, -0.1) is 0 Å². The summed E-state index contributed by atoms with van der Waals surface area (Å²) in [5.41, 5.74) is 2.33. The van der Waals surface area contributed by atoms with Gasteiger partial charge in [0, 0.05) is 30.7 Å². The van der Waals surface area contributed by atoms with E-state index >= 15 is 0 Å². The van der Waals surface area contributed by atoms with E-state index in [2.05, 4.69) is 45.1 Å². The maximum Gasteiger partial charge on any atom is 0.243 e. The molecule has 3 aromatic carbocycles. The predicted molar refractivity (Wildman–Crippen MR) is 119 cm³/mol. The van der Waals surface area contributed by atoms with Crippen LogP contribution in [0.25, 0.3) is 0 Å². The van der Waals surface area contributed by atoms with Crippen LogP contribution >= 0.6 is 15.9 Å². The molecule has 0 amide bonds. The molecule has 4 nitrogen and oxygen atoms in total. The zero-order valence-corrected chi connectivity index (χ0v) is 18.7. The van der Waals surface area contributed by atoms with E-state index in [0.29, 0.717) is 26.2 Å². The zero-order valence-electron chi connectivity index (χ0n) is 16.3. The Kier molecular flexibility index (Phi) is 6.34. The Balaban J connectivity index is 1.56. The number of hydrogen-bond acceptors (Lipinski definition) is 3. The number of halogens is 2. The van der Waals surface area contributed by atoms with Crippen LogP contribution in [0.4, 0.5) is 4.39 Å². The first-order chi connectivity index (χ1) is 14.4. The molecular weight excluding hydrogens is 467 g/mol. The van der Waals surface area contributed by atoms with E-state index in [-0.39, 0.29) is 10.9 Å². The van der Waals surface area contributed by atoms with Gasteiger partial charge in [0.2, 0.25) is 10.0 Å². The van der Waals surface area contributed by atoms with Gasteiger partial charge in [-0.25, -0.2) is 12.8 Å². The Labute approximate surface area is 185 Å². The molecular formula is C23H22BrFN2O2S. The Hall–Kier alpha value is -2.06. The van der Waals surface area contributed by atoms with Crippen LogP contribution in [-0.4, -0.2) is 43.8 Å². The third-order valence-electron chi connectivity index (χ3n) is 5.37. The topological polar surface area (TPSA) is 40.6 Å². The van der Waals surface area contributed by atoms with Crippen LogP contribution in [0.5, 0.6) is 0 Å². The Morgan fingerprint density at radius 3 is 2.07 bits per heavy atom. The smallest absolute Gasteiger partial charge is 0.243 e. The lowest BCUT2D eigenvalue weighted by Gasteiger charge is -2.39. The first kappa shape index (κ1) is 21.2. The maximum atomic E-state index is 13.5. The van der Waals surface area contributed by atoms with Crippen molar-refractivity contribution in [3.05, 3.63) is 100 Å². The van der Waals surface area contributed by atoms with Crippen LogP contribution in [0.1, 0.15) is 17.2 Å². The van der Waals surface area contributed by atoms with Gasteiger partial charge >= 0.3 is 0 Å². The summed E-state index contributed by atoms with van der Waals surface area (Å²) in [6.45, 7) is 1.89. The standard InChI is InChI=1S/C23H22BrFN2O2S/c24-20-11-9-19(10-12-20)23(18-5-2-1-3-6-18)26-13-15-27(16-14-26)30(28,29)22-8-4-7-21(25)17-22/h1-12,17,23H,13-16H2/t23-/m0/s1. The quantitative estimate of drug-likeness (QED) is 0.523. The minimum atomic E-state index is -3.71. The molecule has 4 rings (SSSR count). The maximum absolute atomic E-state index is 13.5. The number of sulfonamides is 1. The van der Waals surface area contributed by atoms with Crippen molar-refractivity contribution >= 4 is 26.0 Å². The summed E-state index contributed by atoms with van der Waals surface area (Å²) in [5, 5.41) is 0. The summed E-state index contributed by atoms with van der Waals surface area (Å²) >= 11 is 3.49. The molecule has 1 fully saturated rings. The van der Waals surface area contributed by atoms with E-state index in [0.717, 1.165) is 16.1 Å². The van der Waals surface area contributed by atoms with Crippen molar-refractivity contribution in [2.45, 2.75) is 10.9 Å². The van der Waals surface area contributed by atoms with Crippen molar-refractivity contribution in [3.63, 3.8) is 0 Å². The van der Waals surface area contributed by atoms with Crippen LogP contribution in [0, 0.1) is 5.82 Å². The van der Waals surface area contributed by atoms with Crippen molar-refractivity contribution in [1.82, 2.24) is 9.21 Å². The van der Waals surface area contributed by atoms with Crippen molar-refractivity contribution in [2.24, 2.45) is 0 Å². The molecule has 0 aliphatic carbocycles. The van der Waals surface area contributed by atoms with Gasteiger partial charge in [0.15, 0.2) is 0 Å². The molecule has 3 aromatic rings. The average Bonchev–Trinajstić information content (AvgIpc) is 2.76. The van der Waals surface area contributed by atoms with Gasteiger partial charge in [0.25, 0.3) is 0 Å². The van der Waals surface area contributed by atoms with Gasteiger partial charge in [-0.3, -0.25) is 4.90 Å². The largest absolute Gasteiger partial charge is 0.290 e. The lowest BCUT2D eigenvalue weighted by molar-refractivity contribution is 0.156. The fourth-order valence-corrected chi connectivity index (χ4v) is 5.59. The minimum absolute atomic E-state index is 0.00321. The molecule has 1 saturated heterocycles. The third-order valence-corrected chi connectivity index (χ3v) is 7.80. The molecule has 0 bridgehead atoms. The second-order valence-corrected chi connectivity index (χ2v) is 10.1.